The summed E-state index contributed by atoms with van der Waals surface area (Å²) < 4.78 is 13.6. The Morgan fingerprint density at radius 3 is 3.00 bits per heavy atom. The summed E-state index contributed by atoms with van der Waals surface area (Å²) in [5.74, 6) is -0.424. The lowest BCUT2D eigenvalue weighted by atomic mass is 10.2. The molecule has 5 heteroatoms. The molecule has 1 heterocycles. The van der Waals surface area contributed by atoms with E-state index in [-0.39, 0.29) is 11.1 Å². The molecule has 0 aliphatic rings. The smallest absolute Gasteiger partial charge is 0.164 e. The van der Waals surface area contributed by atoms with Gasteiger partial charge in [-0.05, 0) is 19.1 Å². The lowest BCUT2D eigenvalue weighted by Crippen LogP contribution is -2.07. The fourth-order valence-electron chi connectivity index (χ4n) is 1.36. The molecule has 0 radical (unpaired) electrons. The first-order valence-electron chi connectivity index (χ1n) is 4.78. The quantitative estimate of drug-likeness (QED) is 0.894. The van der Waals surface area contributed by atoms with Gasteiger partial charge in [-0.25, -0.2) is 9.37 Å². The normalized spacial score (nSPS) is 12.4. The van der Waals surface area contributed by atoms with Crippen LogP contribution in [0, 0.1) is 5.82 Å². The first kappa shape index (κ1) is 11.4. The molecular weight excluding hydrogens is 247 g/mol. The van der Waals surface area contributed by atoms with Crippen LogP contribution in [0.4, 0.5) is 10.1 Å². The number of rotatable bonds is 3. The first-order valence-corrected chi connectivity index (χ1v) is 6.04. The van der Waals surface area contributed by atoms with Crippen LogP contribution in [0.5, 0.6) is 0 Å². The molecule has 2 aromatic rings. The van der Waals surface area contributed by atoms with E-state index in [4.69, 9.17) is 11.6 Å². The van der Waals surface area contributed by atoms with Crippen molar-refractivity contribution in [3.63, 3.8) is 0 Å². The topological polar surface area (TPSA) is 24.9 Å². The van der Waals surface area contributed by atoms with Crippen molar-refractivity contribution in [2.24, 2.45) is 0 Å². The molecule has 0 amide bonds. The van der Waals surface area contributed by atoms with Crippen molar-refractivity contribution >= 4 is 28.6 Å². The highest BCUT2D eigenvalue weighted by Gasteiger charge is 2.11. The molecule has 0 saturated carbocycles. The summed E-state index contributed by atoms with van der Waals surface area (Å²) in [6.45, 7) is 1.93. The molecule has 0 bridgehead atoms. The third-order valence-corrected chi connectivity index (χ3v) is 3.40. The van der Waals surface area contributed by atoms with Crippen molar-refractivity contribution in [3.8, 4) is 0 Å². The Morgan fingerprint density at radius 1 is 1.50 bits per heavy atom. The Labute approximate surface area is 102 Å². The second-order valence-corrected chi connectivity index (χ2v) is 4.67. The van der Waals surface area contributed by atoms with Crippen LogP contribution in [0.3, 0.4) is 0 Å². The van der Waals surface area contributed by atoms with Crippen molar-refractivity contribution < 1.29 is 4.39 Å². The molecule has 0 spiro atoms. The van der Waals surface area contributed by atoms with Gasteiger partial charge >= 0.3 is 0 Å². The summed E-state index contributed by atoms with van der Waals surface area (Å²) in [6.07, 6.45) is 1.73. The van der Waals surface area contributed by atoms with Crippen molar-refractivity contribution in [2.75, 3.05) is 5.32 Å². The van der Waals surface area contributed by atoms with Gasteiger partial charge in [-0.2, -0.15) is 0 Å². The molecule has 84 valence electrons. The molecule has 1 N–H and O–H groups in total. The van der Waals surface area contributed by atoms with Crippen LogP contribution in [0.15, 0.2) is 29.8 Å². The van der Waals surface area contributed by atoms with E-state index in [0.717, 1.165) is 5.01 Å². The molecule has 0 fully saturated rings. The summed E-state index contributed by atoms with van der Waals surface area (Å²) in [7, 11) is 0. The largest absolute Gasteiger partial charge is 0.374 e. The summed E-state index contributed by atoms with van der Waals surface area (Å²) in [5.41, 5.74) is 0.398. The summed E-state index contributed by atoms with van der Waals surface area (Å²) in [6, 6.07) is 4.86. The molecule has 1 unspecified atom stereocenters. The third-order valence-electron chi connectivity index (χ3n) is 2.15. The van der Waals surface area contributed by atoms with Gasteiger partial charge in [-0.3, -0.25) is 0 Å². The third kappa shape index (κ3) is 2.33. The minimum absolute atomic E-state index is 0.0343. The Bertz CT molecular complexity index is 473. The standard InChI is InChI=1S/C11H10ClFN2S/c1-7(11-14-5-6-16-11)15-9-4-2-3-8(12)10(9)13/h2-7,15H,1H3. The first-order chi connectivity index (χ1) is 7.68. The molecule has 2 rings (SSSR count). The number of aromatic nitrogens is 1. The van der Waals surface area contributed by atoms with E-state index in [1.807, 2.05) is 12.3 Å². The molecule has 2 nitrogen and oxygen atoms in total. The van der Waals surface area contributed by atoms with Crippen molar-refractivity contribution in [1.29, 1.82) is 0 Å². The number of nitrogens with one attached hydrogen (secondary N) is 1. The van der Waals surface area contributed by atoms with Gasteiger partial charge in [0.25, 0.3) is 0 Å². The number of thiazole rings is 1. The van der Waals surface area contributed by atoms with Crippen LogP contribution in [0.1, 0.15) is 18.0 Å². The number of hydrogen-bond acceptors (Lipinski definition) is 3. The zero-order valence-corrected chi connectivity index (χ0v) is 10.1. The average Bonchev–Trinajstić information content (AvgIpc) is 2.78. The molecular formula is C11H10ClFN2S. The molecule has 0 aliphatic heterocycles. The van der Waals surface area contributed by atoms with E-state index in [1.54, 1.807) is 18.3 Å². The summed E-state index contributed by atoms with van der Waals surface area (Å²) in [4.78, 5) is 4.16. The van der Waals surface area contributed by atoms with Gasteiger partial charge in [0.05, 0.1) is 16.8 Å². The van der Waals surface area contributed by atoms with Gasteiger partial charge in [0.15, 0.2) is 5.82 Å². The van der Waals surface area contributed by atoms with Crippen molar-refractivity contribution in [3.05, 3.63) is 45.6 Å². The highest BCUT2D eigenvalue weighted by atomic mass is 35.5. The van der Waals surface area contributed by atoms with E-state index in [1.165, 1.54) is 17.4 Å². The van der Waals surface area contributed by atoms with Gasteiger partial charge in [0.1, 0.15) is 5.01 Å². The maximum atomic E-state index is 13.6. The summed E-state index contributed by atoms with van der Waals surface area (Å²) in [5, 5.41) is 5.97. The zero-order chi connectivity index (χ0) is 11.5. The molecule has 0 aliphatic carbocycles. The molecule has 1 atom stereocenters. The predicted molar refractivity (Wildman–Crippen MR) is 65.6 cm³/mol. The number of benzene rings is 1. The van der Waals surface area contributed by atoms with Gasteiger partial charge in [-0.15, -0.1) is 11.3 Å². The van der Waals surface area contributed by atoms with E-state index in [2.05, 4.69) is 10.3 Å². The zero-order valence-electron chi connectivity index (χ0n) is 8.58. The molecule has 1 aromatic heterocycles. The van der Waals surface area contributed by atoms with Crippen LogP contribution >= 0.6 is 22.9 Å². The van der Waals surface area contributed by atoms with E-state index in [9.17, 15) is 4.39 Å². The highest BCUT2D eigenvalue weighted by Crippen LogP contribution is 2.26. The minimum Gasteiger partial charge on any atom is -0.374 e. The van der Waals surface area contributed by atoms with Crippen molar-refractivity contribution in [1.82, 2.24) is 4.98 Å². The Morgan fingerprint density at radius 2 is 2.31 bits per heavy atom. The van der Waals surface area contributed by atoms with E-state index >= 15 is 0 Å². The van der Waals surface area contributed by atoms with E-state index in [0.29, 0.717) is 5.69 Å². The van der Waals surface area contributed by atoms with Gasteiger partial charge in [0, 0.05) is 11.6 Å². The van der Waals surface area contributed by atoms with Crippen LogP contribution in [0.25, 0.3) is 0 Å². The fraction of sp³-hybridized carbons (Fsp3) is 0.182. The van der Waals surface area contributed by atoms with Gasteiger partial charge in [0.2, 0.25) is 0 Å². The van der Waals surface area contributed by atoms with Crippen molar-refractivity contribution in [2.45, 2.75) is 13.0 Å². The average molecular weight is 257 g/mol. The van der Waals surface area contributed by atoms with Crippen LogP contribution in [-0.2, 0) is 0 Å². The second kappa shape index (κ2) is 4.80. The number of anilines is 1. The second-order valence-electron chi connectivity index (χ2n) is 3.34. The lowest BCUT2D eigenvalue weighted by molar-refractivity contribution is 0.628. The molecule has 0 saturated heterocycles. The summed E-state index contributed by atoms with van der Waals surface area (Å²) >= 11 is 7.23. The SMILES string of the molecule is CC(Nc1cccc(Cl)c1F)c1nccs1. The predicted octanol–water partition coefficient (Wildman–Crippen LogP) is 4.11. The van der Waals surface area contributed by atoms with E-state index < -0.39 is 5.82 Å². The van der Waals surface area contributed by atoms with Crippen LogP contribution in [0.2, 0.25) is 5.02 Å². The monoisotopic (exact) mass is 256 g/mol. The number of nitrogens with zero attached hydrogens (tertiary/aromatic N) is 1. The molecule has 16 heavy (non-hydrogen) atoms. The Kier molecular flexibility index (Phi) is 3.41. The number of hydrogen-bond donors (Lipinski definition) is 1. The Hall–Kier alpha value is -1.13. The molecule has 1 aromatic carbocycles. The lowest BCUT2D eigenvalue weighted by Gasteiger charge is -2.13. The maximum Gasteiger partial charge on any atom is 0.164 e. The highest BCUT2D eigenvalue weighted by molar-refractivity contribution is 7.09. The fourth-order valence-corrected chi connectivity index (χ4v) is 2.18. The van der Waals surface area contributed by atoms with Crippen LogP contribution in [-0.4, -0.2) is 4.98 Å². The van der Waals surface area contributed by atoms with Gasteiger partial charge < -0.3 is 5.32 Å². The number of halogens is 2. The minimum atomic E-state index is -0.424. The van der Waals surface area contributed by atoms with Crippen LogP contribution < -0.4 is 5.32 Å². The Balaban J connectivity index is 2.18. The van der Waals surface area contributed by atoms with Gasteiger partial charge in [-0.1, -0.05) is 17.7 Å². The maximum absolute atomic E-state index is 13.6.